The molecule has 0 bridgehead atoms. The first-order valence-electron chi connectivity index (χ1n) is 12.5. The van der Waals surface area contributed by atoms with Crippen molar-refractivity contribution in [2.75, 3.05) is 13.1 Å². The Bertz CT molecular complexity index is 1490. The number of amides is 6. The third-order valence-electron chi connectivity index (χ3n) is 5.87. The first-order chi connectivity index (χ1) is 20.9. The molecule has 0 radical (unpaired) electrons. The molecule has 12 nitrogen and oxygen atoms in total. The highest BCUT2D eigenvalue weighted by atomic mass is 79.9. The normalized spacial score (nSPS) is 16.3. The Kier molecular flexibility index (Phi) is 11.7. The molecule has 44 heavy (non-hydrogen) atoms. The number of benzene rings is 2. The topological polar surface area (TPSA) is 157 Å². The van der Waals surface area contributed by atoms with Gasteiger partial charge in [0.1, 0.15) is 8.64 Å². The number of thiocarbonyl (C=S) groups is 2. The van der Waals surface area contributed by atoms with Crippen molar-refractivity contribution in [2.24, 2.45) is 0 Å². The van der Waals surface area contributed by atoms with Gasteiger partial charge >= 0.3 is 0 Å². The summed E-state index contributed by atoms with van der Waals surface area (Å²) in [5, 5.41) is 0. The van der Waals surface area contributed by atoms with Crippen LogP contribution in [0.5, 0.6) is 0 Å². The first kappa shape index (κ1) is 33.7. The number of hydrogen-bond donors (Lipinski definition) is 4. The summed E-state index contributed by atoms with van der Waals surface area (Å²) in [6.45, 7) is -0.165. The summed E-state index contributed by atoms with van der Waals surface area (Å²) in [5.41, 5.74) is 9.87. The molecule has 0 aliphatic carbocycles. The number of carbonyl (C=O) groups excluding carboxylic acids is 6. The molecule has 0 unspecified atom stereocenters. The van der Waals surface area contributed by atoms with E-state index in [1.54, 1.807) is 48.5 Å². The van der Waals surface area contributed by atoms with E-state index in [4.69, 9.17) is 24.4 Å². The van der Waals surface area contributed by atoms with Gasteiger partial charge in [0.2, 0.25) is 11.8 Å². The van der Waals surface area contributed by atoms with Crippen LogP contribution in [0, 0.1) is 0 Å². The number of nitrogens with one attached hydrogen (secondary N) is 4. The minimum atomic E-state index is -0.555. The van der Waals surface area contributed by atoms with Crippen LogP contribution in [-0.2, 0) is 19.2 Å². The molecule has 18 heteroatoms. The summed E-state index contributed by atoms with van der Waals surface area (Å²) >= 11 is 19.0. The molecular weight excluding hydrogens is 780 g/mol. The zero-order valence-electron chi connectivity index (χ0n) is 22.2. The predicted molar refractivity (Wildman–Crippen MR) is 180 cm³/mol. The molecule has 0 spiro atoms. The predicted octanol–water partition coefficient (Wildman–Crippen LogP) is 3.15. The third kappa shape index (κ3) is 8.51. The minimum Gasteiger partial charge on any atom is -0.292 e. The van der Waals surface area contributed by atoms with Gasteiger partial charge in [-0.15, -0.1) is 0 Å². The molecule has 2 aliphatic rings. The van der Waals surface area contributed by atoms with Gasteiger partial charge in [0.05, 0.1) is 9.81 Å². The lowest BCUT2D eigenvalue weighted by molar-refractivity contribution is -0.126. The summed E-state index contributed by atoms with van der Waals surface area (Å²) in [7, 11) is 0. The van der Waals surface area contributed by atoms with Gasteiger partial charge in [-0.3, -0.25) is 60.3 Å². The second kappa shape index (κ2) is 15.2. The van der Waals surface area contributed by atoms with Crippen LogP contribution in [0.4, 0.5) is 0 Å². The largest absolute Gasteiger partial charge is 0.292 e. The van der Waals surface area contributed by atoms with Crippen LogP contribution in [0.3, 0.4) is 0 Å². The maximum absolute atomic E-state index is 13.1. The van der Waals surface area contributed by atoms with Crippen LogP contribution >= 0.6 is 79.8 Å². The Morgan fingerprint density at radius 1 is 0.614 bits per heavy atom. The SMILES string of the molecule is O=C(CCN1C(=O)C(=C2SC(=S)N(CCC(=O)NNC(=O)c3ccc(Br)cc3)C2=O)SC1=S)NNC(=O)c1ccc(Br)cc1. The summed E-state index contributed by atoms with van der Waals surface area (Å²) in [6, 6.07) is 13.1. The lowest BCUT2D eigenvalue weighted by atomic mass is 10.2. The van der Waals surface area contributed by atoms with E-state index in [0.717, 1.165) is 32.5 Å². The van der Waals surface area contributed by atoms with Crippen LogP contribution < -0.4 is 21.7 Å². The van der Waals surface area contributed by atoms with Crippen molar-refractivity contribution in [2.45, 2.75) is 12.8 Å². The van der Waals surface area contributed by atoms with Gasteiger partial charge < -0.3 is 0 Å². The maximum Gasteiger partial charge on any atom is 0.269 e. The third-order valence-corrected chi connectivity index (χ3v) is 9.96. The van der Waals surface area contributed by atoms with Crippen LogP contribution in [-0.4, -0.2) is 67.0 Å². The Morgan fingerprint density at radius 3 is 1.30 bits per heavy atom. The average molecular weight is 801 g/mol. The highest BCUT2D eigenvalue weighted by molar-refractivity contribution is 9.10. The zero-order valence-corrected chi connectivity index (χ0v) is 28.6. The van der Waals surface area contributed by atoms with Crippen molar-refractivity contribution in [3.05, 3.63) is 78.4 Å². The van der Waals surface area contributed by atoms with E-state index in [9.17, 15) is 28.8 Å². The fraction of sp³-hybridized carbons (Fsp3) is 0.154. The summed E-state index contributed by atoms with van der Waals surface area (Å²) in [6.07, 6.45) is -0.344. The smallest absolute Gasteiger partial charge is 0.269 e. The number of hydrazine groups is 2. The van der Waals surface area contributed by atoms with Crippen LogP contribution in [0.2, 0.25) is 0 Å². The second-order valence-corrected chi connectivity index (χ2v) is 13.9. The number of rotatable bonds is 8. The summed E-state index contributed by atoms with van der Waals surface area (Å²) in [4.78, 5) is 77.7. The molecule has 2 aromatic rings. The molecule has 228 valence electrons. The van der Waals surface area contributed by atoms with Crippen molar-refractivity contribution >= 4 is 124 Å². The van der Waals surface area contributed by atoms with Gasteiger partial charge in [-0.05, 0) is 48.5 Å². The number of thioether (sulfide) groups is 2. The molecule has 4 rings (SSSR count). The van der Waals surface area contributed by atoms with Crippen molar-refractivity contribution < 1.29 is 28.8 Å². The Balaban J connectivity index is 1.26. The lowest BCUT2D eigenvalue weighted by Gasteiger charge is -2.15. The molecule has 2 heterocycles. The highest BCUT2D eigenvalue weighted by Gasteiger charge is 2.42. The summed E-state index contributed by atoms with van der Waals surface area (Å²) in [5.74, 6) is -3.24. The van der Waals surface area contributed by atoms with E-state index in [-0.39, 0.29) is 44.4 Å². The molecule has 4 N–H and O–H groups in total. The lowest BCUT2D eigenvalue weighted by Crippen LogP contribution is -2.43. The van der Waals surface area contributed by atoms with E-state index in [1.165, 1.54) is 9.80 Å². The highest BCUT2D eigenvalue weighted by Crippen LogP contribution is 2.42. The number of halogens is 2. The quantitative estimate of drug-likeness (QED) is 0.178. The fourth-order valence-electron chi connectivity index (χ4n) is 3.61. The number of nitrogens with zero attached hydrogens (tertiary/aromatic N) is 2. The molecule has 0 aromatic heterocycles. The van der Waals surface area contributed by atoms with Gasteiger partial charge in [-0.2, -0.15) is 0 Å². The van der Waals surface area contributed by atoms with E-state index < -0.39 is 35.4 Å². The molecule has 2 fully saturated rings. The molecule has 2 aromatic carbocycles. The zero-order chi connectivity index (χ0) is 32.0. The molecule has 0 saturated carbocycles. The van der Waals surface area contributed by atoms with Gasteiger partial charge in [-0.1, -0.05) is 79.8 Å². The minimum absolute atomic E-state index is 0.0741. The first-order valence-corrected chi connectivity index (χ1v) is 16.5. The molecule has 6 amide bonds. The van der Waals surface area contributed by atoms with Crippen molar-refractivity contribution in [3.63, 3.8) is 0 Å². The Morgan fingerprint density at radius 2 is 0.955 bits per heavy atom. The maximum atomic E-state index is 13.1. The molecule has 0 atom stereocenters. The van der Waals surface area contributed by atoms with Crippen LogP contribution in [0.1, 0.15) is 33.6 Å². The van der Waals surface area contributed by atoms with Crippen LogP contribution in [0.25, 0.3) is 0 Å². The van der Waals surface area contributed by atoms with Crippen molar-refractivity contribution in [1.29, 1.82) is 0 Å². The van der Waals surface area contributed by atoms with E-state index in [0.29, 0.717) is 11.1 Å². The van der Waals surface area contributed by atoms with E-state index in [2.05, 4.69) is 53.6 Å². The van der Waals surface area contributed by atoms with Crippen LogP contribution in [0.15, 0.2) is 67.3 Å². The van der Waals surface area contributed by atoms with Gasteiger partial charge in [0, 0.05) is 46.0 Å². The number of carbonyl (C=O) groups is 6. The Hall–Kier alpha value is -3.16. The molecular formula is C26H20Br2N6O6S4. The standard InChI is InChI=1S/C26H20Br2N6O6S4/c27-15-5-1-13(2-6-15)21(37)31-29-17(35)9-11-33-23(39)19(43-25(33)41)20-24(40)34(26(42)44-20)12-10-18(36)30-32-22(38)14-3-7-16(28)8-4-14/h1-8H,9-12H2,(H,29,35)(H,30,36)(H,31,37)(H,32,38). The summed E-state index contributed by atoms with van der Waals surface area (Å²) < 4.78 is 1.91. The van der Waals surface area contributed by atoms with E-state index in [1.807, 2.05) is 0 Å². The average Bonchev–Trinajstić information content (AvgIpc) is 3.44. The molecule has 2 saturated heterocycles. The fourth-order valence-corrected chi connectivity index (χ4v) is 6.91. The second-order valence-electron chi connectivity index (χ2n) is 8.83. The monoisotopic (exact) mass is 798 g/mol. The number of hydrogen-bond acceptors (Lipinski definition) is 10. The van der Waals surface area contributed by atoms with Crippen molar-refractivity contribution in [3.8, 4) is 0 Å². The molecule has 2 aliphatic heterocycles. The van der Waals surface area contributed by atoms with Crippen molar-refractivity contribution in [1.82, 2.24) is 31.5 Å². The van der Waals surface area contributed by atoms with Gasteiger partial charge in [-0.25, -0.2) is 0 Å². The Labute approximate surface area is 286 Å². The van der Waals surface area contributed by atoms with Gasteiger partial charge in [0.25, 0.3) is 23.6 Å². The van der Waals surface area contributed by atoms with E-state index >= 15 is 0 Å². The van der Waals surface area contributed by atoms with Gasteiger partial charge in [0.15, 0.2) is 0 Å².